The summed E-state index contributed by atoms with van der Waals surface area (Å²) in [5.74, 6) is 0.741. The molecule has 84 valence electrons. The molecule has 0 heterocycles. The minimum Gasteiger partial charge on any atom is -0.372 e. The van der Waals surface area contributed by atoms with E-state index in [1.54, 1.807) is 0 Å². The topological polar surface area (TPSA) is 3.24 Å². The highest BCUT2D eigenvalue weighted by Gasteiger charge is 2.09. The van der Waals surface area contributed by atoms with E-state index < -0.39 is 0 Å². The summed E-state index contributed by atoms with van der Waals surface area (Å²) >= 11 is 0. The van der Waals surface area contributed by atoms with Crippen LogP contribution in [0.3, 0.4) is 0 Å². The van der Waals surface area contributed by atoms with Crippen LogP contribution in [-0.4, -0.2) is 18.0 Å². The fourth-order valence-corrected chi connectivity index (χ4v) is 1.62. The second kappa shape index (κ2) is 6.49. The Balaban J connectivity index is 2.56. The van der Waals surface area contributed by atoms with E-state index in [0.29, 0.717) is 0 Å². The van der Waals surface area contributed by atoms with E-state index in [2.05, 4.69) is 56.1 Å². The summed E-state index contributed by atoms with van der Waals surface area (Å²) < 4.78 is 0. The molecule has 1 nitrogen and oxygen atoms in total. The Bertz CT molecular complexity index is 251. The van der Waals surface area contributed by atoms with Crippen LogP contribution in [0.15, 0.2) is 36.1 Å². The molecule has 0 amide bonds. The Hall–Kier alpha value is -0.980. The zero-order chi connectivity index (χ0) is 11.1. The Kier molecular flexibility index (Phi) is 5.23. The van der Waals surface area contributed by atoms with Gasteiger partial charge in [0.05, 0.1) is 0 Å². The van der Waals surface area contributed by atoms with Crippen molar-refractivity contribution >= 4 is 0 Å². The summed E-state index contributed by atoms with van der Waals surface area (Å²) in [6.45, 7) is 8.79. The smallest absolute Gasteiger partial charge is 0.0322 e. The van der Waals surface area contributed by atoms with E-state index in [1.165, 1.54) is 12.1 Å². The minimum absolute atomic E-state index is 0.741. The molecular formula is C14H23N. The first-order valence-corrected chi connectivity index (χ1v) is 6.11. The maximum Gasteiger partial charge on any atom is 0.0322 e. The van der Waals surface area contributed by atoms with E-state index in [-0.39, 0.29) is 0 Å². The van der Waals surface area contributed by atoms with E-state index in [0.717, 1.165) is 25.4 Å². The third-order valence-electron chi connectivity index (χ3n) is 2.72. The first-order valence-electron chi connectivity index (χ1n) is 6.11. The fourth-order valence-electron chi connectivity index (χ4n) is 1.62. The van der Waals surface area contributed by atoms with E-state index >= 15 is 0 Å². The predicted octanol–water partition coefficient (Wildman–Crippen LogP) is 3.75. The summed E-state index contributed by atoms with van der Waals surface area (Å²) in [6, 6.07) is 0. The summed E-state index contributed by atoms with van der Waals surface area (Å²) in [7, 11) is 0. The summed E-state index contributed by atoms with van der Waals surface area (Å²) in [5, 5.41) is 0. The quantitative estimate of drug-likeness (QED) is 0.452. The number of likely N-dealkylation sites (N-methyl/N-ethyl adjacent to an activating group) is 1. The number of allylic oxidation sites excluding steroid dienone is 5. The van der Waals surface area contributed by atoms with Gasteiger partial charge in [-0.25, -0.2) is 0 Å². The molecule has 1 heteroatoms. The molecule has 0 fully saturated rings. The lowest BCUT2D eigenvalue weighted by atomic mass is 10.2. The van der Waals surface area contributed by atoms with Crippen molar-refractivity contribution in [2.24, 2.45) is 5.92 Å². The molecule has 0 aromatic rings. The Morgan fingerprint density at radius 3 is 2.33 bits per heavy atom. The molecule has 0 spiro atoms. The molecule has 0 aromatic carbocycles. The van der Waals surface area contributed by atoms with Crippen molar-refractivity contribution in [3.8, 4) is 0 Å². The van der Waals surface area contributed by atoms with E-state index in [1.807, 2.05) is 0 Å². The average Bonchev–Trinajstić information content (AvgIpc) is 3.06. The largest absolute Gasteiger partial charge is 0.372 e. The monoisotopic (exact) mass is 205 g/mol. The van der Waals surface area contributed by atoms with Gasteiger partial charge in [-0.1, -0.05) is 31.2 Å². The van der Waals surface area contributed by atoms with Crippen molar-refractivity contribution in [3.05, 3.63) is 36.1 Å². The number of nitrogens with zero attached hydrogens (tertiary/aromatic N) is 1. The van der Waals surface area contributed by atoms with Crippen LogP contribution in [0, 0.1) is 5.92 Å². The second-order valence-electron chi connectivity index (χ2n) is 3.90. The van der Waals surface area contributed by atoms with Crippen LogP contribution in [0.25, 0.3) is 0 Å². The average molecular weight is 205 g/mol. The highest BCUT2D eigenvalue weighted by molar-refractivity contribution is 5.22. The van der Waals surface area contributed by atoms with Crippen molar-refractivity contribution in [3.63, 3.8) is 0 Å². The minimum atomic E-state index is 0.741. The van der Waals surface area contributed by atoms with Crippen LogP contribution in [0.1, 0.15) is 33.6 Å². The molecule has 1 aliphatic rings. The number of hydrogen-bond acceptors (Lipinski definition) is 1. The Labute approximate surface area is 94.2 Å². The summed E-state index contributed by atoms with van der Waals surface area (Å²) in [6.07, 6.45) is 13.7. The molecule has 0 bridgehead atoms. The van der Waals surface area contributed by atoms with Crippen molar-refractivity contribution in [1.29, 1.82) is 0 Å². The van der Waals surface area contributed by atoms with Gasteiger partial charge < -0.3 is 4.90 Å². The van der Waals surface area contributed by atoms with Gasteiger partial charge in [-0.05, 0) is 38.7 Å². The van der Waals surface area contributed by atoms with Crippen LogP contribution >= 0.6 is 0 Å². The highest BCUT2D eigenvalue weighted by atomic mass is 15.1. The Morgan fingerprint density at radius 2 is 1.87 bits per heavy atom. The highest BCUT2D eigenvalue weighted by Crippen LogP contribution is 2.22. The third-order valence-corrected chi connectivity index (χ3v) is 2.72. The molecular weight excluding hydrogens is 182 g/mol. The first kappa shape index (κ1) is 12.1. The molecule has 15 heavy (non-hydrogen) atoms. The maximum absolute atomic E-state index is 2.41. The molecule has 0 radical (unpaired) electrons. The van der Waals surface area contributed by atoms with Gasteiger partial charge in [0.2, 0.25) is 0 Å². The van der Waals surface area contributed by atoms with Crippen molar-refractivity contribution in [1.82, 2.24) is 4.90 Å². The van der Waals surface area contributed by atoms with Crippen LogP contribution in [0.5, 0.6) is 0 Å². The molecule has 1 aliphatic carbocycles. The van der Waals surface area contributed by atoms with Crippen LogP contribution in [0.2, 0.25) is 0 Å². The van der Waals surface area contributed by atoms with Gasteiger partial charge in [-0.2, -0.15) is 0 Å². The van der Waals surface area contributed by atoms with E-state index in [4.69, 9.17) is 0 Å². The summed E-state index contributed by atoms with van der Waals surface area (Å²) in [5.41, 5.74) is 1.38. The fraction of sp³-hybridized carbons (Fsp3) is 0.571. The van der Waals surface area contributed by atoms with E-state index in [9.17, 15) is 0 Å². The third kappa shape index (κ3) is 4.37. The molecule has 1 rings (SSSR count). The van der Waals surface area contributed by atoms with Gasteiger partial charge in [-0.3, -0.25) is 0 Å². The molecule has 0 aliphatic heterocycles. The van der Waals surface area contributed by atoms with Crippen molar-refractivity contribution in [2.75, 3.05) is 13.1 Å². The zero-order valence-electron chi connectivity index (χ0n) is 10.2. The molecule has 0 saturated carbocycles. The van der Waals surface area contributed by atoms with Gasteiger partial charge >= 0.3 is 0 Å². The maximum atomic E-state index is 2.41. The number of hydrogen-bond donors (Lipinski definition) is 0. The van der Waals surface area contributed by atoms with Gasteiger partial charge in [0.25, 0.3) is 0 Å². The van der Waals surface area contributed by atoms with Crippen LogP contribution < -0.4 is 0 Å². The second-order valence-corrected chi connectivity index (χ2v) is 3.90. The lowest BCUT2D eigenvalue weighted by Crippen LogP contribution is -2.21. The van der Waals surface area contributed by atoms with Crippen LogP contribution in [0.4, 0.5) is 0 Å². The van der Waals surface area contributed by atoms with Gasteiger partial charge in [-0.15, -0.1) is 0 Å². The SMILES string of the molecule is CC/C=C\C(=C/CC1C=C1)N(CC)CC. The molecule has 0 N–H and O–H groups in total. The zero-order valence-corrected chi connectivity index (χ0v) is 10.2. The lowest BCUT2D eigenvalue weighted by Gasteiger charge is -2.22. The first-order chi connectivity index (χ1) is 7.31. The van der Waals surface area contributed by atoms with Gasteiger partial charge in [0.15, 0.2) is 0 Å². The molecule has 0 saturated heterocycles. The number of rotatable bonds is 7. The van der Waals surface area contributed by atoms with Gasteiger partial charge in [0.1, 0.15) is 0 Å². The predicted molar refractivity (Wildman–Crippen MR) is 67.7 cm³/mol. The van der Waals surface area contributed by atoms with Gasteiger partial charge in [0, 0.05) is 18.8 Å². The normalized spacial score (nSPS) is 16.3. The standard InChI is InChI=1S/C14H23N/c1-4-7-8-14(15(5-2)6-3)12-11-13-9-10-13/h7-10,12-13H,4-6,11H2,1-3H3/b8-7-,14-12+. The van der Waals surface area contributed by atoms with Crippen LogP contribution in [-0.2, 0) is 0 Å². The lowest BCUT2D eigenvalue weighted by molar-refractivity contribution is 0.392. The Morgan fingerprint density at radius 1 is 1.20 bits per heavy atom. The molecule has 0 atom stereocenters. The molecule has 0 aromatic heterocycles. The molecule has 0 unspecified atom stereocenters. The van der Waals surface area contributed by atoms with Crippen molar-refractivity contribution in [2.45, 2.75) is 33.6 Å². The summed E-state index contributed by atoms with van der Waals surface area (Å²) in [4.78, 5) is 2.41. The van der Waals surface area contributed by atoms with Crippen molar-refractivity contribution < 1.29 is 0 Å².